The molecule has 0 bridgehead atoms. The van der Waals surface area contributed by atoms with E-state index in [-0.39, 0.29) is 30.4 Å². The summed E-state index contributed by atoms with van der Waals surface area (Å²) in [5.74, 6) is 0.0613. The molecule has 122 valence electrons. The third kappa shape index (κ3) is 4.52. The molecule has 1 aliphatic rings. The fourth-order valence-electron chi connectivity index (χ4n) is 1.99. The van der Waals surface area contributed by atoms with Gasteiger partial charge in [-0.15, -0.1) is 5.01 Å². The summed E-state index contributed by atoms with van der Waals surface area (Å²) in [6, 6.07) is 0. The van der Waals surface area contributed by atoms with Crippen molar-refractivity contribution < 1.29 is 23.6 Å². The smallest absolute Gasteiger partial charge is 0.305 e. The zero-order valence-corrected chi connectivity index (χ0v) is 13.3. The lowest BCUT2D eigenvalue weighted by Crippen LogP contribution is -2.62. The van der Waals surface area contributed by atoms with E-state index in [4.69, 9.17) is 9.26 Å². The number of amides is 1. The average molecular weight is 311 g/mol. The van der Waals surface area contributed by atoms with Crippen molar-refractivity contribution in [2.45, 2.75) is 33.6 Å². The molecule has 1 aromatic rings. The van der Waals surface area contributed by atoms with Gasteiger partial charge in [-0.1, -0.05) is 20.8 Å². The lowest BCUT2D eigenvalue weighted by molar-refractivity contribution is -0.759. The van der Waals surface area contributed by atoms with E-state index in [9.17, 15) is 9.59 Å². The molecule has 1 aromatic heterocycles. The Hall–Kier alpha value is -1.96. The number of nitrogens with zero attached hydrogens (tertiary/aromatic N) is 3. The molecule has 1 aliphatic heterocycles. The Kier molecular flexibility index (Phi) is 5.12. The first-order valence-electron chi connectivity index (χ1n) is 7.41. The predicted molar refractivity (Wildman–Crippen MR) is 77.8 cm³/mol. The lowest BCUT2D eigenvalue weighted by Gasteiger charge is -2.18. The first kappa shape index (κ1) is 16.4. The van der Waals surface area contributed by atoms with Gasteiger partial charge >= 0.3 is 5.88 Å². The van der Waals surface area contributed by atoms with E-state index in [1.165, 1.54) is 0 Å². The molecule has 1 N–H and O–H groups in total. The molecule has 0 atom stereocenters. The Morgan fingerprint density at radius 3 is 2.64 bits per heavy atom. The number of carbonyl (C=O) groups excluding carboxylic acids is 2. The van der Waals surface area contributed by atoms with Crippen LogP contribution < -0.4 is 15.1 Å². The van der Waals surface area contributed by atoms with E-state index in [1.54, 1.807) is 11.0 Å². The van der Waals surface area contributed by atoms with Crippen molar-refractivity contribution in [3.63, 3.8) is 0 Å². The fraction of sp³-hybridized carbons (Fsp3) is 0.714. The molecule has 0 spiro atoms. The first-order valence-corrected chi connectivity index (χ1v) is 7.41. The Morgan fingerprint density at radius 2 is 2.00 bits per heavy atom. The van der Waals surface area contributed by atoms with Crippen molar-refractivity contribution in [2.75, 3.05) is 36.6 Å². The summed E-state index contributed by atoms with van der Waals surface area (Å²) in [7, 11) is 0. The second-order valence-corrected chi connectivity index (χ2v) is 6.27. The van der Waals surface area contributed by atoms with Crippen LogP contribution in [0.2, 0.25) is 0 Å². The number of Topliss-reactive ketones (excluding diaryl/α,β-unsaturated/α-hetero) is 1. The molecule has 0 aromatic carbocycles. The van der Waals surface area contributed by atoms with Crippen molar-refractivity contribution in [2.24, 2.45) is 5.41 Å². The Labute approximate surface area is 129 Å². The van der Waals surface area contributed by atoms with Gasteiger partial charge in [0.25, 0.3) is 6.20 Å². The molecule has 1 fully saturated rings. The summed E-state index contributed by atoms with van der Waals surface area (Å²) < 4.78 is 10.3. The van der Waals surface area contributed by atoms with Crippen LogP contribution in [0.3, 0.4) is 0 Å². The van der Waals surface area contributed by atoms with E-state index in [1.807, 2.05) is 25.8 Å². The van der Waals surface area contributed by atoms with Crippen LogP contribution in [0.15, 0.2) is 10.7 Å². The molecule has 1 amide bonds. The van der Waals surface area contributed by atoms with Crippen LogP contribution in [0.1, 0.15) is 33.6 Å². The molecule has 0 radical (unpaired) electrons. The fourth-order valence-corrected chi connectivity index (χ4v) is 1.99. The van der Waals surface area contributed by atoms with Crippen molar-refractivity contribution in [1.29, 1.82) is 0 Å². The number of nitrogens with one attached hydrogen (secondary N) is 1. The summed E-state index contributed by atoms with van der Waals surface area (Å²) in [5, 5.41) is 8.42. The number of anilines is 1. The summed E-state index contributed by atoms with van der Waals surface area (Å²) in [6.07, 6.45) is 1.95. The number of hydrogen-bond donors (Lipinski definition) is 1. The molecule has 0 aliphatic carbocycles. The molecular formula is C14H23N4O4+. The van der Waals surface area contributed by atoms with Gasteiger partial charge in [0.05, 0.1) is 31.1 Å². The Morgan fingerprint density at radius 1 is 1.32 bits per heavy atom. The second-order valence-electron chi connectivity index (χ2n) is 6.27. The van der Waals surface area contributed by atoms with E-state index < -0.39 is 5.41 Å². The van der Waals surface area contributed by atoms with Gasteiger partial charge < -0.3 is 4.74 Å². The molecule has 0 saturated carbocycles. The summed E-state index contributed by atoms with van der Waals surface area (Å²) in [6.45, 7) is 8.22. The quantitative estimate of drug-likeness (QED) is 0.785. The highest BCUT2D eigenvalue weighted by Gasteiger charge is 2.25. The average Bonchev–Trinajstić information content (AvgIpc) is 2.93. The summed E-state index contributed by atoms with van der Waals surface area (Å²) in [4.78, 5) is 25.2. The maximum Gasteiger partial charge on any atom is 0.305 e. The van der Waals surface area contributed by atoms with Crippen LogP contribution in [0.4, 0.5) is 5.88 Å². The van der Waals surface area contributed by atoms with Crippen LogP contribution in [-0.4, -0.2) is 43.3 Å². The molecule has 8 nitrogen and oxygen atoms in total. The molecular weight excluding hydrogens is 288 g/mol. The summed E-state index contributed by atoms with van der Waals surface area (Å²) in [5.41, 5.74) is -0.425. The number of morpholine rings is 1. The van der Waals surface area contributed by atoms with Gasteiger partial charge in [-0.2, -0.15) is 0 Å². The van der Waals surface area contributed by atoms with Crippen LogP contribution >= 0.6 is 0 Å². The van der Waals surface area contributed by atoms with E-state index in [0.29, 0.717) is 26.3 Å². The van der Waals surface area contributed by atoms with Crippen LogP contribution in [0, 0.1) is 5.41 Å². The van der Waals surface area contributed by atoms with Crippen LogP contribution in [-0.2, 0) is 14.3 Å². The highest BCUT2D eigenvalue weighted by atomic mass is 16.5. The van der Waals surface area contributed by atoms with Gasteiger partial charge in [-0.05, 0) is 0 Å². The monoisotopic (exact) mass is 311 g/mol. The van der Waals surface area contributed by atoms with E-state index in [0.717, 1.165) is 0 Å². The predicted octanol–water partition coefficient (Wildman–Crippen LogP) is 0.264. The van der Waals surface area contributed by atoms with E-state index >= 15 is 0 Å². The van der Waals surface area contributed by atoms with Gasteiger partial charge in [-0.3, -0.25) is 19.4 Å². The molecule has 2 rings (SSSR count). The molecule has 1 saturated heterocycles. The minimum atomic E-state index is -0.425. The highest BCUT2D eigenvalue weighted by molar-refractivity contribution is 5.93. The maximum atomic E-state index is 11.8. The minimum Gasteiger partial charge on any atom is -0.377 e. The first-order chi connectivity index (χ1) is 10.4. The number of ether oxygens (including phenoxy) is 1. The minimum absolute atomic E-state index is 0.0589. The topological polar surface area (TPSA) is 88.6 Å². The van der Waals surface area contributed by atoms with Crippen LogP contribution in [0.25, 0.3) is 0 Å². The second kappa shape index (κ2) is 6.87. The molecule has 22 heavy (non-hydrogen) atoms. The highest BCUT2D eigenvalue weighted by Crippen LogP contribution is 2.17. The van der Waals surface area contributed by atoms with Crippen molar-refractivity contribution in [3.8, 4) is 0 Å². The number of carbonyl (C=O) groups is 2. The third-order valence-corrected chi connectivity index (χ3v) is 3.41. The molecule has 0 unspecified atom stereocenters. The largest absolute Gasteiger partial charge is 0.377 e. The number of rotatable bonds is 5. The van der Waals surface area contributed by atoms with Gasteiger partial charge in [0.1, 0.15) is 5.78 Å². The van der Waals surface area contributed by atoms with Crippen molar-refractivity contribution in [1.82, 2.24) is 5.27 Å². The maximum absolute atomic E-state index is 11.8. The van der Waals surface area contributed by atoms with E-state index in [2.05, 4.69) is 10.6 Å². The normalized spacial score (nSPS) is 15.7. The standard InChI is InChI=1S/C14H22N4O4/c1-14(2,3)11(19)4-5-12(20)15-13-10-18(16-22-13)17-6-8-21-9-7-17/h10H,4-9H2,1-3H3/p+1. The zero-order valence-electron chi connectivity index (χ0n) is 13.3. The third-order valence-electron chi connectivity index (χ3n) is 3.41. The molecule has 2 heterocycles. The molecule has 8 heteroatoms. The van der Waals surface area contributed by atoms with Gasteiger partial charge in [0, 0.05) is 18.3 Å². The van der Waals surface area contributed by atoms with Gasteiger partial charge in [-0.25, -0.2) is 0 Å². The number of hydrogen-bond acceptors (Lipinski definition) is 6. The lowest BCUT2D eigenvalue weighted by atomic mass is 9.88. The Balaban J connectivity index is 1.82. The van der Waals surface area contributed by atoms with Gasteiger partial charge in [0.2, 0.25) is 11.2 Å². The zero-order chi connectivity index (χ0) is 16.2. The number of ketones is 1. The Bertz CT molecular complexity index is 529. The van der Waals surface area contributed by atoms with Crippen molar-refractivity contribution in [3.05, 3.63) is 6.20 Å². The number of aromatic nitrogens is 2. The van der Waals surface area contributed by atoms with Crippen molar-refractivity contribution >= 4 is 17.6 Å². The SMILES string of the molecule is CC(C)(C)C(=O)CCC(=O)Nc1c[n+](N2CCOCC2)no1. The van der Waals surface area contributed by atoms with Gasteiger partial charge in [0.15, 0.2) is 0 Å². The van der Waals surface area contributed by atoms with Crippen LogP contribution in [0.5, 0.6) is 0 Å². The summed E-state index contributed by atoms with van der Waals surface area (Å²) >= 11 is 0.